The van der Waals surface area contributed by atoms with E-state index in [0.29, 0.717) is 24.6 Å². The maximum Gasteiger partial charge on any atom is 0.247 e. The van der Waals surface area contributed by atoms with E-state index in [4.69, 9.17) is 14.4 Å². The SMILES string of the molecule is COc1ccc(C)cc1C=CC(=O)N(CCC#N)Cc1ccco1. The van der Waals surface area contributed by atoms with Crippen molar-refractivity contribution in [1.29, 1.82) is 5.26 Å². The Morgan fingerprint density at radius 3 is 2.92 bits per heavy atom. The lowest BCUT2D eigenvalue weighted by atomic mass is 10.1. The topological polar surface area (TPSA) is 66.5 Å². The molecule has 1 aromatic heterocycles. The van der Waals surface area contributed by atoms with Crippen LogP contribution in [0.25, 0.3) is 6.08 Å². The number of methoxy groups -OCH3 is 1. The Kier molecular flexibility index (Phi) is 6.21. The number of ether oxygens (including phenoxy) is 1. The number of hydrogen-bond donors (Lipinski definition) is 0. The van der Waals surface area contributed by atoms with Gasteiger partial charge in [-0.3, -0.25) is 4.79 Å². The van der Waals surface area contributed by atoms with Gasteiger partial charge < -0.3 is 14.1 Å². The summed E-state index contributed by atoms with van der Waals surface area (Å²) in [6.45, 7) is 2.67. The molecular weight excluding hydrogens is 304 g/mol. The molecule has 0 fully saturated rings. The highest BCUT2D eigenvalue weighted by Gasteiger charge is 2.13. The van der Waals surface area contributed by atoms with Crippen molar-refractivity contribution in [3.8, 4) is 11.8 Å². The molecule has 24 heavy (non-hydrogen) atoms. The maximum absolute atomic E-state index is 12.5. The van der Waals surface area contributed by atoms with E-state index in [2.05, 4.69) is 6.07 Å². The van der Waals surface area contributed by atoms with Gasteiger partial charge in [0.15, 0.2) is 0 Å². The van der Waals surface area contributed by atoms with Crippen molar-refractivity contribution in [2.24, 2.45) is 0 Å². The van der Waals surface area contributed by atoms with Crippen molar-refractivity contribution in [3.05, 3.63) is 59.6 Å². The quantitative estimate of drug-likeness (QED) is 0.731. The maximum atomic E-state index is 12.5. The van der Waals surface area contributed by atoms with E-state index >= 15 is 0 Å². The number of hydrogen-bond acceptors (Lipinski definition) is 4. The largest absolute Gasteiger partial charge is 0.496 e. The second kappa shape index (κ2) is 8.59. The average molecular weight is 324 g/mol. The Bertz CT molecular complexity index is 742. The molecule has 0 radical (unpaired) electrons. The van der Waals surface area contributed by atoms with Crippen LogP contribution >= 0.6 is 0 Å². The molecular formula is C19H20N2O3. The Morgan fingerprint density at radius 2 is 2.25 bits per heavy atom. The summed E-state index contributed by atoms with van der Waals surface area (Å²) in [7, 11) is 1.60. The average Bonchev–Trinajstić information content (AvgIpc) is 3.09. The molecule has 0 aliphatic rings. The Labute approximate surface area is 141 Å². The molecule has 0 atom stereocenters. The fourth-order valence-corrected chi connectivity index (χ4v) is 2.29. The van der Waals surface area contributed by atoms with Gasteiger partial charge in [-0.05, 0) is 37.3 Å². The first kappa shape index (κ1) is 17.4. The first-order chi connectivity index (χ1) is 11.6. The molecule has 2 aromatic rings. The van der Waals surface area contributed by atoms with Gasteiger partial charge in [0.1, 0.15) is 11.5 Å². The summed E-state index contributed by atoms with van der Waals surface area (Å²) >= 11 is 0. The predicted molar refractivity (Wildman–Crippen MR) is 91.1 cm³/mol. The van der Waals surface area contributed by atoms with Gasteiger partial charge in [-0.1, -0.05) is 11.6 Å². The van der Waals surface area contributed by atoms with E-state index in [1.165, 1.54) is 6.08 Å². The summed E-state index contributed by atoms with van der Waals surface area (Å²) in [4.78, 5) is 14.1. The van der Waals surface area contributed by atoms with Crippen LogP contribution in [-0.4, -0.2) is 24.5 Å². The van der Waals surface area contributed by atoms with Crippen LogP contribution in [0.15, 0.2) is 47.1 Å². The fraction of sp³-hybridized carbons (Fsp3) is 0.263. The molecule has 0 unspecified atom stereocenters. The molecule has 1 amide bonds. The Balaban J connectivity index is 2.14. The number of furan rings is 1. The molecule has 0 bridgehead atoms. The van der Waals surface area contributed by atoms with Crippen molar-refractivity contribution in [2.75, 3.05) is 13.7 Å². The van der Waals surface area contributed by atoms with Gasteiger partial charge >= 0.3 is 0 Å². The molecule has 0 saturated heterocycles. The van der Waals surface area contributed by atoms with Crippen molar-refractivity contribution in [2.45, 2.75) is 19.9 Å². The number of nitrogens with zero attached hydrogens (tertiary/aromatic N) is 2. The summed E-state index contributed by atoms with van der Waals surface area (Å²) in [5.74, 6) is 1.22. The third kappa shape index (κ3) is 4.75. The highest BCUT2D eigenvalue weighted by molar-refractivity contribution is 5.92. The van der Waals surface area contributed by atoms with Gasteiger partial charge in [-0.25, -0.2) is 0 Å². The van der Waals surface area contributed by atoms with Gasteiger partial charge in [0.2, 0.25) is 5.91 Å². The van der Waals surface area contributed by atoms with E-state index in [-0.39, 0.29) is 12.3 Å². The molecule has 124 valence electrons. The van der Waals surface area contributed by atoms with Crippen molar-refractivity contribution >= 4 is 12.0 Å². The number of rotatable bonds is 7. The normalized spacial score (nSPS) is 10.5. The highest BCUT2D eigenvalue weighted by Crippen LogP contribution is 2.21. The minimum atomic E-state index is -0.176. The van der Waals surface area contributed by atoms with Crippen LogP contribution in [0.3, 0.4) is 0 Å². The summed E-state index contributed by atoms with van der Waals surface area (Å²) in [5, 5.41) is 8.78. The lowest BCUT2D eigenvalue weighted by molar-refractivity contribution is -0.126. The van der Waals surface area contributed by atoms with Gasteiger partial charge in [-0.15, -0.1) is 0 Å². The van der Waals surface area contributed by atoms with Gasteiger partial charge in [-0.2, -0.15) is 5.26 Å². The van der Waals surface area contributed by atoms with E-state index < -0.39 is 0 Å². The molecule has 1 aromatic carbocycles. The summed E-state index contributed by atoms with van der Waals surface area (Å²) in [6, 6.07) is 11.4. The van der Waals surface area contributed by atoms with E-state index in [1.54, 1.807) is 36.5 Å². The van der Waals surface area contributed by atoms with Crippen molar-refractivity contribution in [1.82, 2.24) is 4.90 Å². The van der Waals surface area contributed by atoms with Crippen LogP contribution in [0.2, 0.25) is 0 Å². The Morgan fingerprint density at radius 1 is 1.42 bits per heavy atom. The molecule has 0 aliphatic carbocycles. The second-order valence-corrected chi connectivity index (χ2v) is 5.33. The molecule has 0 spiro atoms. The highest BCUT2D eigenvalue weighted by atomic mass is 16.5. The lowest BCUT2D eigenvalue weighted by Crippen LogP contribution is -2.29. The van der Waals surface area contributed by atoms with E-state index in [1.807, 2.05) is 25.1 Å². The lowest BCUT2D eigenvalue weighted by Gasteiger charge is -2.18. The monoisotopic (exact) mass is 324 g/mol. The van der Waals surface area contributed by atoms with E-state index in [9.17, 15) is 4.79 Å². The molecule has 5 heteroatoms. The van der Waals surface area contributed by atoms with Crippen LogP contribution < -0.4 is 4.74 Å². The van der Waals surface area contributed by atoms with Gasteiger partial charge in [0.25, 0.3) is 0 Å². The zero-order valence-corrected chi connectivity index (χ0v) is 13.9. The standard InChI is InChI=1S/C19H20N2O3/c1-15-6-8-18(23-2)16(13-15)7-9-19(22)21(11-4-10-20)14-17-5-3-12-24-17/h3,5-9,12-13H,4,11,14H2,1-2H3. The van der Waals surface area contributed by atoms with Gasteiger partial charge in [0, 0.05) is 18.2 Å². The zero-order valence-electron chi connectivity index (χ0n) is 13.9. The fourth-order valence-electron chi connectivity index (χ4n) is 2.29. The summed E-state index contributed by atoms with van der Waals surface area (Å²) in [5.41, 5.74) is 1.92. The number of nitriles is 1. The van der Waals surface area contributed by atoms with Crippen molar-refractivity contribution in [3.63, 3.8) is 0 Å². The smallest absolute Gasteiger partial charge is 0.247 e. The molecule has 2 rings (SSSR count). The van der Waals surface area contributed by atoms with Crippen LogP contribution in [-0.2, 0) is 11.3 Å². The first-order valence-electron chi connectivity index (χ1n) is 7.65. The van der Waals surface area contributed by atoms with Gasteiger partial charge in [0.05, 0.1) is 32.4 Å². The number of carbonyl (C=O) groups excluding carboxylic acids is 1. The zero-order chi connectivity index (χ0) is 17.4. The van der Waals surface area contributed by atoms with Crippen LogP contribution in [0.4, 0.5) is 0 Å². The molecule has 1 heterocycles. The number of carbonyl (C=O) groups is 1. The number of benzene rings is 1. The summed E-state index contributed by atoms with van der Waals surface area (Å²) in [6.07, 6.45) is 5.07. The first-order valence-corrected chi connectivity index (χ1v) is 7.65. The van der Waals surface area contributed by atoms with E-state index in [0.717, 1.165) is 11.1 Å². The van der Waals surface area contributed by atoms with Crippen LogP contribution in [0.5, 0.6) is 5.75 Å². The predicted octanol–water partition coefficient (Wildman–Crippen LogP) is 3.55. The second-order valence-electron chi connectivity index (χ2n) is 5.33. The third-order valence-electron chi connectivity index (χ3n) is 3.52. The molecule has 0 N–H and O–H groups in total. The molecule has 0 saturated carbocycles. The molecule has 5 nitrogen and oxygen atoms in total. The van der Waals surface area contributed by atoms with Crippen LogP contribution in [0, 0.1) is 18.3 Å². The number of aryl methyl sites for hydroxylation is 1. The minimum Gasteiger partial charge on any atom is -0.496 e. The minimum absolute atomic E-state index is 0.176. The molecule has 0 aliphatic heterocycles. The van der Waals surface area contributed by atoms with Crippen molar-refractivity contribution < 1.29 is 13.9 Å². The third-order valence-corrected chi connectivity index (χ3v) is 3.52. The summed E-state index contributed by atoms with van der Waals surface area (Å²) < 4.78 is 10.6. The number of amides is 1. The van der Waals surface area contributed by atoms with Crippen LogP contribution in [0.1, 0.15) is 23.3 Å². The Hall–Kier alpha value is -3.00.